The number of nitrogens with zero attached hydrogens (tertiary/aromatic N) is 2. The van der Waals surface area contributed by atoms with E-state index in [1.54, 1.807) is 19.1 Å². The lowest BCUT2D eigenvalue weighted by atomic mass is 9.85. The molecule has 0 aliphatic heterocycles. The van der Waals surface area contributed by atoms with Crippen molar-refractivity contribution < 1.29 is 19.1 Å². The summed E-state index contributed by atoms with van der Waals surface area (Å²) in [5.74, 6) is 5.42. The van der Waals surface area contributed by atoms with Gasteiger partial charge in [0.1, 0.15) is 5.70 Å². The van der Waals surface area contributed by atoms with E-state index in [2.05, 4.69) is 41.7 Å². The van der Waals surface area contributed by atoms with Gasteiger partial charge in [0, 0.05) is 13.0 Å². The van der Waals surface area contributed by atoms with Gasteiger partial charge < -0.3 is 26.4 Å². The molecule has 0 fully saturated rings. The minimum atomic E-state index is -0.461. The van der Waals surface area contributed by atoms with Gasteiger partial charge in [0.2, 0.25) is 5.91 Å². The number of ether oxygens (including phenoxy) is 1. The second kappa shape index (κ2) is 14.2. The summed E-state index contributed by atoms with van der Waals surface area (Å²) in [6.45, 7) is 16.5. The van der Waals surface area contributed by atoms with Gasteiger partial charge in [-0.1, -0.05) is 48.5 Å². The van der Waals surface area contributed by atoms with Crippen LogP contribution in [0.2, 0.25) is 0 Å². The van der Waals surface area contributed by atoms with Crippen LogP contribution in [0.25, 0.3) is 0 Å². The Hall–Kier alpha value is -4.12. The summed E-state index contributed by atoms with van der Waals surface area (Å²) in [5.41, 5.74) is 8.55. The predicted molar refractivity (Wildman–Crippen MR) is 168 cm³/mol. The molecule has 0 saturated heterocycles. The molecular formula is C31H47N7O4. The van der Waals surface area contributed by atoms with E-state index in [0.717, 1.165) is 12.0 Å². The molecule has 0 radical (unpaired) electrons. The van der Waals surface area contributed by atoms with Gasteiger partial charge in [0.15, 0.2) is 5.75 Å². The highest BCUT2D eigenvalue weighted by Crippen LogP contribution is 2.36. The highest BCUT2D eigenvalue weighted by molar-refractivity contribution is 6.08. The lowest BCUT2D eigenvalue weighted by molar-refractivity contribution is -0.118. The molecule has 0 bridgehead atoms. The molecular weight excluding hydrogens is 534 g/mol. The molecule has 1 aromatic carbocycles. The van der Waals surface area contributed by atoms with Crippen LogP contribution >= 0.6 is 0 Å². The number of nitrogens with one attached hydrogen (secondary N) is 3. The molecule has 2 aromatic rings. The molecule has 0 unspecified atom stereocenters. The fraction of sp³-hybridized carbons (Fsp3) is 0.484. The number of hydrazine groups is 1. The van der Waals surface area contributed by atoms with Crippen LogP contribution in [0.3, 0.4) is 0 Å². The number of aromatic nitrogens is 1. The molecule has 2 rings (SSSR count). The molecule has 1 heterocycles. The van der Waals surface area contributed by atoms with Gasteiger partial charge in [0.25, 0.3) is 11.8 Å². The van der Waals surface area contributed by atoms with Crippen molar-refractivity contribution in [3.63, 3.8) is 0 Å². The van der Waals surface area contributed by atoms with Gasteiger partial charge in [-0.15, -0.1) is 0 Å². The van der Waals surface area contributed by atoms with Crippen molar-refractivity contribution in [2.24, 2.45) is 17.0 Å². The summed E-state index contributed by atoms with van der Waals surface area (Å²) in [6, 6.07) is 5.21. The number of amides is 3. The Kier molecular flexibility index (Phi) is 11.5. The van der Waals surface area contributed by atoms with E-state index in [0.29, 0.717) is 42.1 Å². The van der Waals surface area contributed by atoms with Crippen LogP contribution < -0.4 is 37.3 Å². The van der Waals surface area contributed by atoms with Gasteiger partial charge in [-0.3, -0.25) is 24.4 Å². The lowest BCUT2D eigenvalue weighted by Crippen LogP contribution is -2.34. The Morgan fingerprint density at radius 2 is 1.74 bits per heavy atom. The van der Waals surface area contributed by atoms with Gasteiger partial charge in [-0.2, -0.15) is 0 Å². The summed E-state index contributed by atoms with van der Waals surface area (Å²) in [5, 5.41) is 9.72. The van der Waals surface area contributed by atoms with E-state index in [9.17, 15) is 14.4 Å². The van der Waals surface area contributed by atoms with Gasteiger partial charge in [0.05, 0.1) is 47.8 Å². The number of aryl methyl sites for hydroxylation is 1. The number of pyridine rings is 1. The zero-order valence-corrected chi connectivity index (χ0v) is 26.4. The smallest absolute Gasteiger partial charge is 0.268 e. The molecule has 7 N–H and O–H groups in total. The van der Waals surface area contributed by atoms with E-state index in [1.807, 2.05) is 33.8 Å². The molecule has 0 saturated carbocycles. The van der Waals surface area contributed by atoms with Gasteiger partial charge >= 0.3 is 0 Å². The number of carbonyl (C=O) groups excluding carboxylic acids is 3. The van der Waals surface area contributed by atoms with Crippen molar-refractivity contribution in [2.75, 3.05) is 29.3 Å². The molecule has 1 aromatic heterocycles. The number of benzene rings is 1. The van der Waals surface area contributed by atoms with E-state index in [1.165, 1.54) is 24.5 Å². The van der Waals surface area contributed by atoms with Gasteiger partial charge in [-0.05, 0) is 54.4 Å². The van der Waals surface area contributed by atoms with Crippen LogP contribution in [0.4, 0.5) is 17.1 Å². The van der Waals surface area contributed by atoms with Crippen molar-refractivity contribution in [1.82, 2.24) is 10.3 Å². The Bertz CT molecular complexity index is 1320. The van der Waals surface area contributed by atoms with E-state index < -0.39 is 11.8 Å². The van der Waals surface area contributed by atoms with Crippen molar-refractivity contribution in [3.8, 4) is 5.75 Å². The number of methoxy groups -OCH3 is 1. The maximum absolute atomic E-state index is 13.6. The van der Waals surface area contributed by atoms with E-state index in [4.69, 9.17) is 16.3 Å². The molecule has 0 aliphatic carbocycles. The molecule has 0 spiro atoms. The van der Waals surface area contributed by atoms with Crippen LogP contribution in [-0.4, -0.2) is 36.4 Å². The highest BCUT2D eigenvalue weighted by atomic mass is 16.5. The average Bonchev–Trinajstić information content (AvgIpc) is 2.87. The quantitative estimate of drug-likeness (QED) is 0.144. The SMILES string of the molecule is CCCC(=O)Nc1cc(C(C)(C)C)cc(C(=O)Nc2cnc(C)c(N(N)/C=C(\N)C(=O)NCCC(C)(C)C)c2)c1OC. The van der Waals surface area contributed by atoms with Crippen molar-refractivity contribution in [1.29, 1.82) is 0 Å². The number of rotatable bonds is 11. The number of nitrogens with two attached hydrogens (primary N) is 2. The Morgan fingerprint density at radius 3 is 2.31 bits per heavy atom. The Balaban J connectivity index is 2.36. The summed E-state index contributed by atoms with van der Waals surface area (Å²) >= 11 is 0. The first-order chi connectivity index (χ1) is 19.5. The molecule has 42 heavy (non-hydrogen) atoms. The predicted octanol–water partition coefficient (Wildman–Crippen LogP) is 4.72. The zero-order chi connectivity index (χ0) is 31.8. The second-order valence-electron chi connectivity index (χ2n) is 12.5. The highest BCUT2D eigenvalue weighted by Gasteiger charge is 2.24. The van der Waals surface area contributed by atoms with Crippen LogP contribution in [0.1, 0.15) is 89.3 Å². The molecule has 0 aliphatic rings. The largest absolute Gasteiger partial charge is 0.494 e. The summed E-state index contributed by atoms with van der Waals surface area (Å²) in [4.78, 5) is 42.8. The van der Waals surface area contributed by atoms with Crippen molar-refractivity contribution >= 4 is 34.8 Å². The molecule has 0 atom stereocenters. The number of anilines is 3. The maximum Gasteiger partial charge on any atom is 0.268 e. The Morgan fingerprint density at radius 1 is 1.07 bits per heavy atom. The number of hydrogen-bond acceptors (Lipinski definition) is 8. The Labute approximate surface area is 249 Å². The van der Waals surface area contributed by atoms with Crippen molar-refractivity contribution in [3.05, 3.63) is 53.1 Å². The monoisotopic (exact) mass is 581 g/mol. The van der Waals surface area contributed by atoms with Crippen molar-refractivity contribution in [2.45, 2.75) is 80.1 Å². The first kappa shape index (κ1) is 34.1. The van der Waals surface area contributed by atoms with Gasteiger partial charge in [-0.25, -0.2) is 5.84 Å². The van der Waals surface area contributed by atoms with Crippen LogP contribution in [-0.2, 0) is 15.0 Å². The normalized spacial score (nSPS) is 12.0. The number of hydrogen-bond donors (Lipinski definition) is 5. The summed E-state index contributed by atoms with van der Waals surface area (Å²) in [6.07, 6.45) is 4.63. The molecule has 11 nitrogen and oxygen atoms in total. The summed E-state index contributed by atoms with van der Waals surface area (Å²) < 4.78 is 5.60. The van der Waals surface area contributed by atoms with E-state index in [-0.39, 0.29) is 33.7 Å². The summed E-state index contributed by atoms with van der Waals surface area (Å²) in [7, 11) is 1.45. The molecule has 11 heteroatoms. The van der Waals surface area contributed by atoms with E-state index >= 15 is 0 Å². The van der Waals surface area contributed by atoms with Crippen LogP contribution in [0.5, 0.6) is 5.75 Å². The minimum Gasteiger partial charge on any atom is -0.494 e. The second-order valence-corrected chi connectivity index (χ2v) is 12.5. The standard InChI is InChI=1S/C31H47N7O4/c1-10-11-26(39)37-24-15-20(31(6,7)8)14-22(27(24)42-9)28(40)36-21-16-25(19(2)35-17-21)38(33)18-23(32)29(41)34-13-12-30(3,4)5/h14-18H,10-13,32-33H2,1-9H3,(H,34,41)(H,36,40)(H,37,39)/b23-18-. The first-order valence-electron chi connectivity index (χ1n) is 14.1. The third-order valence-electron chi connectivity index (χ3n) is 6.45. The molecule has 230 valence electrons. The fourth-order valence-corrected chi connectivity index (χ4v) is 3.96. The first-order valence-corrected chi connectivity index (χ1v) is 14.1. The fourth-order valence-electron chi connectivity index (χ4n) is 3.96. The van der Waals surface area contributed by atoms with Crippen LogP contribution in [0, 0.1) is 12.3 Å². The maximum atomic E-state index is 13.6. The van der Waals surface area contributed by atoms with Crippen LogP contribution in [0.15, 0.2) is 36.3 Å². The average molecular weight is 582 g/mol. The topological polar surface area (TPSA) is 165 Å². The lowest BCUT2D eigenvalue weighted by Gasteiger charge is -2.23. The minimum absolute atomic E-state index is 0.0679. The third kappa shape index (κ3) is 9.76. The zero-order valence-electron chi connectivity index (χ0n) is 26.4. The third-order valence-corrected chi connectivity index (χ3v) is 6.45. The number of carbonyl (C=O) groups is 3. The molecule has 3 amide bonds.